The van der Waals surface area contributed by atoms with Crippen molar-refractivity contribution < 1.29 is 14.3 Å². The minimum absolute atomic E-state index is 0.0136. The van der Waals surface area contributed by atoms with Crippen LogP contribution in [-0.2, 0) is 4.79 Å². The molecule has 1 aromatic carbocycles. The van der Waals surface area contributed by atoms with E-state index >= 15 is 0 Å². The van der Waals surface area contributed by atoms with Gasteiger partial charge in [-0.25, -0.2) is 0 Å². The lowest BCUT2D eigenvalue weighted by molar-refractivity contribution is -0.119. The fourth-order valence-electron chi connectivity index (χ4n) is 2.99. The maximum atomic E-state index is 12.2. The third kappa shape index (κ3) is 4.66. The van der Waals surface area contributed by atoms with Crippen molar-refractivity contribution in [1.29, 1.82) is 0 Å². The topological polar surface area (TPSA) is 91.2 Å². The SMILES string of the molecule is COc1cc(OC)cc(-n2nnnc2SCC(=O)NC2CCCCC2)c1. The van der Waals surface area contributed by atoms with E-state index in [0.29, 0.717) is 28.4 Å². The van der Waals surface area contributed by atoms with Crippen LogP contribution in [0.25, 0.3) is 5.69 Å². The molecule has 9 heteroatoms. The smallest absolute Gasteiger partial charge is 0.230 e. The van der Waals surface area contributed by atoms with Gasteiger partial charge in [-0.3, -0.25) is 4.79 Å². The summed E-state index contributed by atoms with van der Waals surface area (Å²) in [5, 5.41) is 15.4. The quantitative estimate of drug-likeness (QED) is 0.740. The van der Waals surface area contributed by atoms with E-state index in [2.05, 4.69) is 20.8 Å². The number of hydrogen-bond donors (Lipinski definition) is 1. The zero-order valence-electron chi connectivity index (χ0n) is 15.0. The lowest BCUT2D eigenvalue weighted by atomic mass is 9.95. The van der Waals surface area contributed by atoms with E-state index < -0.39 is 0 Å². The maximum Gasteiger partial charge on any atom is 0.230 e. The van der Waals surface area contributed by atoms with Gasteiger partial charge < -0.3 is 14.8 Å². The van der Waals surface area contributed by atoms with Crippen molar-refractivity contribution in [3.63, 3.8) is 0 Å². The van der Waals surface area contributed by atoms with E-state index in [1.54, 1.807) is 25.0 Å². The first-order valence-electron chi connectivity index (χ1n) is 8.63. The zero-order valence-corrected chi connectivity index (χ0v) is 15.8. The molecule has 0 radical (unpaired) electrons. The number of thioether (sulfide) groups is 1. The van der Waals surface area contributed by atoms with Gasteiger partial charge in [0.1, 0.15) is 11.5 Å². The largest absolute Gasteiger partial charge is 0.497 e. The summed E-state index contributed by atoms with van der Waals surface area (Å²) in [6.07, 6.45) is 5.78. The number of amides is 1. The number of benzene rings is 1. The third-order valence-electron chi connectivity index (χ3n) is 4.32. The lowest BCUT2D eigenvalue weighted by Crippen LogP contribution is -2.37. The van der Waals surface area contributed by atoms with Crippen LogP contribution in [0.1, 0.15) is 32.1 Å². The molecule has 1 N–H and O–H groups in total. The summed E-state index contributed by atoms with van der Waals surface area (Å²) < 4.78 is 12.1. The maximum absolute atomic E-state index is 12.2. The number of carbonyl (C=O) groups excluding carboxylic acids is 1. The molecule has 3 rings (SSSR count). The summed E-state index contributed by atoms with van der Waals surface area (Å²) in [6.45, 7) is 0. The number of hydrogen-bond acceptors (Lipinski definition) is 7. The first-order chi connectivity index (χ1) is 12.7. The van der Waals surface area contributed by atoms with E-state index in [0.717, 1.165) is 12.8 Å². The number of aromatic nitrogens is 4. The summed E-state index contributed by atoms with van der Waals surface area (Å²) in [5.74, 6) is 1.57. The lowest BCUT2D eigenvalue weighted by Gasteiger charge is -2.22. The van der Waals surface area contributed by atoms with Crippen LogP contribution in [0.15, 0.2) is 23.4 Å². The molecule has 0 saturated heterocycles. The molecule has 1 aliphatic rings. The second-order valence-electron chi connectivity index (χ2n) is 6.14. The molecule has 26 heavy (non-hydrogen) atoms. The Bertz CT molecular complexity index is 723. The highest BCUT2D eigenvalue weighted by Crippen LogP contribution is 2.27. The molecule has 0 aliphatic heterocycles. The third-order valence-corrected chi connectivity index (χ3v) is 5.24. The summed E-state index contributed by atoms with van der Waals surface area (Å²) in [5.41, 5.74) is 0.710. The fraction of sp³-hybridized carbons (Fsp3) is 0.529. The summed E-state index contributed by atoms with van der Waals surface area (Å²) >= 11 is 1.31. The van der Waals surface area contributed by atoms with E-state index in [1.807, 2.05) is 12.1 Å². The van der Waals surface area contributed by atoms with Crippen LogP contribution >= 0.6 is 11.8 Å². The Kier molecular flexibility index (Phi) is 6.32. The highest BCUT2D eigenvalue weighted by atomic mass is 32.2. The number of carbonyl (C=O) groups is 1. The van der Waals surface area contributed by atoms with Gasteiger partial charge in [0.25, 0.3) is 0 Å². The second-order valence-corrected chi connectivity index (χ2v) is 7.08. The molecular formula is C17H23N5O3S. The molecule has 1 saturated carbocycles. The average molecular weight is 377 g/mol. The Balaban J connectivity index is 1.66. The number of ether oxygens (including phenoxy) is 2. The van der Waals surface area contributed by atoms with E-state index in [9.17, 15) is 4.79 Å². The van der Waals surface area contributed by atoms with Gasteiger partial charge in [-0.2, -0.15) is 4.68 Å². The van der Waals surface area contributed by atoms with Crippen LogP contribution in [0.2, 0.25) is 0 Å². The Morgan fingerprint density at radius 2 is 1.88 bits per heavy atom. The molecule has 1 amide bonds. The normalized spacial score (nSPS) is 14.8. The van der Waals surface area contributed by atoms with Crippen molar-refractivity contribution in [1.82, 2.24) is 25.5 Å². The van der Waals surface area contributed by atoms with Crippen molar-refractivity contribution >= 4 is 17.7 Å². The van der Waals surface area contributed by atoms with Gasteiger partial charge in [0.2, 0.25) is 11.1 Å². The highest BCUT2D eigenvalue weighted by Gasteiger charge is 2.17. The van der Waals surface area contributed by atoms with Gasteiger partial charge in [0, 0.05) is 24.2 Å². The molecule has 0 atom stereocenters. The van der Waals surface area contributed by atoms with E-state index in [1.165, 1.54) is 31.0 Å². The molecule has 1 aliphatic carbocycles. The predicted octanol–water partition coefficient (Wildman–Crippen LogP) is 2.22. The van der Waals surface area contributed by atoms with Crippen molar-refractivity contribution in [2.75, 3.05) is 20.0 Å². The monoisotopic (exact) mass is 377 g/mol. The van der Waals surface area contributed by atoms with Crippen LogP contribution in [0.3, 0.4) is 0 Å². The zero-order chi connectivity index (χ0) is 18.4. The van der Waals surface area contributed by atoms with Crippen LogP contribution in [0, 0.1) is 0 Å². The number of methoxy groups -OCH3 is 2. The minimum atomic E-state index is 0.0136. The molecule has 0 bridgehead atoms. The number of nitrogens with one attached hydrogen (secondary N) is 1. The Morgan fingerprint density at radius 1 is 1.19 bits per heavy atom. The van der Waals surface area contributed by atoms with E-state index in [4.69, 9.17) is 9.47 Å². The predicted molar refractivity (Wildman–Crippen MR) is 98.0 cm³/mol. The van der Waals surface area contributed by atoms with Crippen LogP contribution in [0.5, 0.6) is 11.5 Å². The summed E-state index contributed by atoms with van der Waals surface area (Å²) in [6, 6.07) is 5.70. The number of rotatable bonds is 7. The molecule has 1 aromatic heterocycles. The van der Waals surface area contributed by atoms with Crippen molar-refractivity contribution in [3.05, 3.63) is 18.2 Å². The van der Waals surface area contributed by atoms with Gasteiger partial charge >= 0.3 is 0 Å². The van der Waals surface area contributed by atoms with Crippen molar-refractivity contribution in [2.45, 2.75) is 43.3 Å². The fourth-order valence-corrected chi connectivity index (χ4v) is 3.69. The molecule has 0 spiro atoms. The molecular weight excluding hydrogens is 354 g/mol. The number of nitrogens with zero attached hydrogens (tertiary/aromatic N) is 4. The molecule has 0 unspecified atom stereocenters. The Labute approximate surface area is 156 Å². The molecule has 140 valence electrons. The molecule has 1 heterocycles. The second kappa shape index (κ2) is 8.88. The summed E-state index contributed by atoms with van der Waals surface area (Å²) in [4.78, 5) is 12.2. The van der Waals surface area contributed by atoms with Crippen molar-refractivity contribution in [2.24, 2.45) is 0 Å². The standard InChI is InChI=1S/C17H23N5O3S/c1-24-14-8-13(9-15(10-14)25-2)22-17(19-20-21-22)26-11-16(23)18-12-6-4-3-5-7-12/h8-10,12H,3-7,11H2,1-2H3,(H,18,23). The van der Waals surface area contributed by atoms with Crippen molar-refractivity contribution in [3.8, 4) is 17.2 Å². The van der Waals surface area contributed by atoms with Gasteiger partial charge in [-0.1, -0.05) is 31.0 Å². The van der Waals surface area contributed by atoms with Crippen LogP contribution in [-0.4, -0.2) is 52.1 Å². The number of tetrazole rings is 1. The average Bonchev–Trinajstić information content (AvgIpc) is 3.15. The van der Waals surface area contributed by atoms with Crippen LogP contribution < -0.4 is 14.8 Å². The molecule has 8 nitrogen and oxygen atoms in total. The van der Waals surface area contributed by atoms with E-state index in [-0.39, 0.29) is 11.7 Å². The Hall–Kier alpha value is -2.29. The Morgan fingerprint density at radius 3 is 2.54 bits per heavy atom. The summed E-state index contributed by atoms with van der Waals surface area (Å²) in [7, 11) is 3.17. The van der Waals surface area contributed by atoms with Gasteiger partial charge in [-0.15, -0.1) is 5.10 Å². The van der Waals surface area contributed by atoms with Crippen LogP contribution in [0.4, 0.5) is 0 Å². The first kappa shape index (κ1) is 18.5. The van der Waals surface area contributed by atoms with Gasteiger partial charge in [0.15, 0.2) is 0 Å². The first-order valence-corrected chi connectivity index (χ1v) is 9.62. The minimum Gasteiger partial charge on any atom is -0.497 e. The molecule has 1 fully saturated rings. The van der Waals surface area contributed by atoms with Gasteiger partial charge in [0.05, 0.1) is 25.7 Å². The highest BCUT2D eigenvalue weighted by molar-refractivity contribution is 7.99. The molecule has 2 aromatic rings. The van der Waals surface area contributed by atoms with Gasteiger partial charge in [-0.05, 0) is 23.3 Å².